The third-order valence-corrected chi connectivity index (χ3v) is 5.94. The lowest BCUT2D eigenvalue weighted by atomic mass is 10.1. The van der Waals surface area contributed by atoms with Gasteiger partial charge in [-0.2, -0.15) is 0 Å². The molecule has 1 aromatic rings. The first-order valence-corrected chi connectivity index (χ1v) is 10.6. The Labute approximate surface area is 168 Å². The second-order valence-electron chi connectivity index (χ2n) is 7.97. The number of piperazine rings is 1. The first kappa shape index (κ1) is 20.8. The van der Waals surface area contributed by atoms with Crippen LogP contribution in [0.2, 0.25) is 0 Å². The SMILES string of the molecule is CCN1CCN(C(=O)CCNC(=O)C2CCCN2Cc2cccc(C)c2)CC1. The Balaban J connectivity index is 1.42. The Bertz CT molecular complexity index is 670. The molecule has 154 valence electrons. The molecule has 0 radical (unpaired) electrons. The van der Waals surface area contributed by atoms with Gasteiger partial charge in [-0.1, -0.05) is 36.8 Å². The lowest BCUT2D eigenvalue weighted by Gasteiger charge is -2.34. The normalized spacial score (nSPS) is 21.1. The summed E-state index contributed by atoms with van der Waals surface area (Å²) in [5, 5.41) is 3.00. The van der Waals surface area contributed by atoms with Crippen LogP contribution >= 0.6 is 0 Å². The summed E-state index contributed by atoms with van der Waals surface area (Å²) >= 11 is 0. The van der Waals surface area contributed by atoms with E-state index in [4.69, 9.17) is 0 Å². The lowest BCUT2D eigenvalue weighted by molar-refractivity contribution is -0.133. The quantitative estimate of drug-likeness (QED) is 0.774. The van der Waals surface area contributed by atoms with Crippen molar-refractivity contribution in [1.82, 2.24) is 20.0 Å². The van der Waals surface area contributed by atoms with Gasteiger partial charge < -0.3 is 15.1 Å². The molecule has 0 bridgehead atoms. The fourth-order valence-corrected chi connectivity index (χ4v) is 4.24. The number of hydrogen-bond donors (Lipinski definition) is 1. The highest BCUT2D eigenvalue weighted by Crippen LogP contribution is 2.20. The van der Waals surface area contributed by atoms with E-state index in [1.54, 1.807) is 0 Å². The molecule has 2 aliphatic heterocycles. The second kappa shape index (κ2) is 10.0. The third-order valence-electron chi connectivity index (χ3n) is 5.94. The maximum atomic E-state index is 12.7. The van der Waals surface area contributed by atoms with Gasteiger partial charge in [0.1, 0.15) is 0 Å². The van der Waals surface area contributed by atoms with Crippen molar-refractivity contribution in [1.29, 1.82) is 0 Å². The van der Waals surface area contributed by atoms with Gasteiger partial charge in [-0.15, -0.1) is 0 Å². The molecule has 2 heterocycles. The summed E-state index contributed by atoms with van der Waals surface area (Å²) in [6.45, 7) is 11.0. The van der Waals surface area contributed by atoms with Crippen LogP contribution in [-0.4, -0.2) is 78.4 Å². The largest absolute Gasteiger partial charge is 0.354 e. The van der Waals surface area contributed by atoms with E-state index in [1.807, 2.05) is 4.90 Å². The zero-order valence-corrected chi connectivity index (χ0v) is 17.3. The minimum atomic E-state index is -0.0799. The minimum absolute atomic E-state index is 0.0637. The lowest BCUT2D eigenvalue weighted by Crippen LogP contribution is -2.49. The topological polar surface area (TPSA) is 55.9 Å². The van der Waals surface area contributed by atoms with Crippen LogP contribution in [-0.2, 0) is 16.1 Å². The number of hydrogen-bond acceptors (Lipinski definition) is 4. The summed E-state index contributed by atoms with van der Waals surface area (Å²) in [5.41, 5.74) is 2.50. The fourth-order valence-electron chi connectivity index (χ4n) is 4.24. The highest BCUT2D eigenvalue weighted by molar-refractivity contribution is 5.83. The van der Waals surface area contributed by atoms with Gasteiger partial charge in [0.2, 0.25) is 11.8 Å². The van der Waals surface area contributed by atoms with Crippen LogP contribution in [0.4, 0.5) is 0 Å². The van der Waals surface area contributed by atoms with Crippen LogP contribution in [0.3, 0.4) is 0 Å². The summed E-state index contributed by atoms with van der Waals surface area (Å²) in [7, 11) is 0. The van der Waals surface area contributed by atoms with E-state index < -0.39 is 0 Å². The molecule has 1 unspecified atom stereocenters. The first-order valence-electron chi connectivity index (χ1n) is 10.6. The van der Waals surface area contributed by atoms with E-state index in [9.17, 15) is 9.59 Å². The van der Waals surface area contributed by atoms with E-state index >= 15 is 0 Å². The first-order chi connectivity index (χ1) is 13.6. The summed E-state index contributed by atoms with van der Waals surface area (Å²) in [4.78, 5) is 31.6. The minimum Gasteiger partial charge on any atom is -0.354 e. The van der Waals surface area contributed by atoms with Gasteiger partial charge in [-0.05, 0) is 38.4 Å². The Morgan fingerprint density at radius 1 is 1.14 bits per heavy atom. The third kappa shape index (κ3) is 5.55. The van der Waals surface area contributed by atoms with E-state index in [-0.39, 0.29) is 17.9 Å². The molecule has 2 aliphatic rings. The molecule has 1 atom stereocenters. The van der Waals surface area contributed by atoms with E-state index in [0.29, 0.717) is 13.0 Å². The van der Waals surface area contributed by atoms with Gasteiger partial charge >= 0.3 is 0 Å². The van der Waals surface area contributed by atoms with E-state index in [2.05, 4.69) is 53.2 Å². The average molecular weight is 387 g/mol. The molecule has 0 aliphatic carbocycles. The molecule has 0 saturated carbocycles. The smallest absolute Gasteiger partial charge is 0.237 e. The van der Waals surface area contributed by atoms with Gasteiger partial charge in [0.25, 0.3) is 0 Å². The highest BCUT2D eigenvalue weighted by Gasteiger charge is 2.30. The van der Waals surface area contributed by atoms with Gasteiger partial charge in [-0.25, -0.2) is 0 Å². The van der Waals surface area contributed by atoms with Crippen molar-refractivity contribution in [2.24, 2.45) is 0 Å². The molecule has 1 N–H and O–H groups in total. The predicted octanol–water partition coefficient (Wildman–Crippen LogP) is 1.63. The van der Waals surface area contributed by atoms with Crippen molar-refractivity contribution >= 4 is 11.8 Å². The van der Waals surface area contributed by atoms with Gasteiger partial charge in [-0.3, -0.25) is 14.5 Å². The number of carbonyl (C=O) groups excluding carboxylic acids is 2. The van der Waals surface area contributed by atoms with Crippen molar-refractivity contribution in [2.75, 3.05) is 45.8 Å². The molecular weight excluding hydrogens is 352 g/mol. The van der Waals surface area contributed by atoms with Gasteiger partial charge in [0.15, 0.2) is 0 Å². The van der Waals surface area contributed by atoms with E-state index in [1.165, 1.54) is 11.1 Å². The van der Waals surface area contributed by atoms with Crippen molar-refractivity contribution < 1.29 is 9.59 Å². The standard InChI is InChI=1S/C22H34N4O2/c1-3-24-12-14-25(15-13-24)21(27)9-10-23-22(28)20-8-5-11-26(20)17-19-7-4-6-18(2)16-19/h4,6-7,16,20H,3,5,8-15,17H2,1-2H3,(H,23,28). The molecule has 2 saturated heterocycles. The molecule has 6 nitrogen and oxygen atoms in total. The van der Waals surface area contributed by atoms with Gasteiger partial charge in [0, 0.05) is 45.7 Å². The maximum Gasteiger partial charge on any atom is 0.237 e. The van der Waals surface area contributed by atoms with Crippen molar-refractivity contribution in [3.05, 3.63) is 35.4 Å². The number of nitrogens with zero attached hydrogens (tertiary/aromatic N) is 3. The number of aryl methyl sites for hydroxylation is 1. The molecule has 2 amide bonds. The van der Waals surface area contributed by atoms with Crippen LogP contribution in [0.5, 0.6) is 0 Å². The Kier molecular flexibility index (Phi) is 7.45. The summed E-state index contributed by atoms with van der Waals surface area (Å²) in [6, 6.07) is 8.39. The number of benzene rings is 1. The molecule has 6 heteroatoms. The number of nitrogens with one attached hydrogen (secondary N) is 1. The highest BCUT2D eigenvalue weighted by atomic mass is 16.2. The zero-order chi connectivity index (χ0) is 19.9. The predicted molar refractivity (Wildman–Crippen MR) is 111 cm³/mol. The average Bonchev–Trinajstić information content (AvgIpc) is 3.16. The van der Waals surface area contributed by atoms with E-state index in [0.717, 1.165) is 58.7 Å². The molecule has 0 aromatic heterocycles. The van der Waals surface area contributed by atoms with Crippen molar-refractivity contribution in [2.45, 2.75) is 45.7 Å². The molecule has 2 fully saturated rings. The number of rotatable bonds is 7. The van der Waals surface area contributed by atoms with Crippen LogP contribution in [0.25, 0.3) is 0 Å². The molecule has 1 aromatic carbocycles. The zero-order valence-electron chi connectivity index (χ0n) is 17.3. The Morgan fingerprint density at radius 3 is 2.64 bits per heavy atom. The number of likely N-dealkylation sites (N-methyl/N-ethyl adjacent to an activating group) is 1. The number of amides is 2. The fraction of sp³-hybridized carbons (Fsp3) is 0.636. The van der Waals surface area contributed by atoms with Crippen LogP contribution in [0.15, 0.2) is 24.3 Å². The summed E-state index contributed by atoms with van der Waals surface area (Å²) < 4.78 is 0. The molecule has 0 spiro atoms. The Morgan fingerprint density at radius 2 is 1.93 bits per heavy atom. The summed E-state index contributed by atoms with van der Waals surface area (Å²) in [5.74, 6) is 0.216. The number of carbonyl (C=O) groups is 2. The van der Waals surface area contributed by atoms with Crippen molar-refractivity contribution in [3.8, 4) is 0 Å². The Hall–Kier alpha value is -1.92. The molecule has 28 heavy (non-hydrogen) atoms. The maximum absolute atomic E-state index is 12.7. The van der Waals surface area contributed by atoms with Gasteiger partial charge in [0.05, 0.1) is 6.04 Å². The molecular formula is C22H34N4O2. The second-order valence-corrected chi connectivity index (χ2v) is 7.97. The van der Waals surface area contributed by atoms with Crippen LogP contribution in [0.1, 0.15) is 37.3 Å². The van der Waals surface area contributed by atoms with Crippen molar-refractivity contribution in [3.63, 3.8) is 0 Å². The van der Waals surface area contributed by atoms with Crippen LogP contribution in [0, 0.1) is 6.92 Å². The number of likely N-dealkylation sites (tertiary alicyclic amines) is 1. The monoisotopic (exact) mass is 386 g/mol. The van der Waals surface area contributed by atoms with Crippen LogP contribution < -0.4 is 5.32 Å². The summed E-state index contributed by atoms with van der Waals surface area (Å²) in [6.07, 6.45) is 2.33. The molecule has 3 rings (SSSR count).